The van der Waals surface area contributed by atoms with E-state index in [1.54, 1.807) is 16.4 Å². The molecule has 0 bridgehead atoms. The number of quaternary nitrogens is 1. The van der Waals surface area contributed by atoms with E-state index in [0.29, 0.717) is 24.7 Å². The molecule has 1 aromatic heterocycles. The number of nitrogens with zero attached hydrogens (tertiary/aromatic N) is 3. The number of aryl methyl sites for hydroxylation is 1. The van der Waals surface area contributed by atoms with Gasteiger partial charge in [-0.3, -0.25) is 0 Å². The third-order valence-corrected chi connectivity index (χ3v) is 7.52. The normalized spacial score (nSPS) is 16.9. The molecule has 0 aliphatic carbocycles. The standard InChI is InChI=1S/C15H21N5O2S3/c1-12-3-5-13(6-4-12)25(21,22)19-9-7-18(8-10-19)11-20-15(23)24-14(16-2)17-20/h3-6H,7-11H2,1-2H3,(H,16,17)/p+1. The summed E-state index contributed by atoms with van der Waals surface area (Å²) in [6.45, 7) is 5.08. The van der Waals surface area contributed by atoms with Gasteiger partial charge in [0.15, 0.2) is 10.6 Å². The summed E-state index contributed by atoms with van der Waals surface area (Å²) in [6.07, 6.45) is 0. The van der Waals surface area contributed by atoms with Gasteiger partial charge in [-0.25, -0.2) is 8.42 Å². The molecule has 7 nitrogen and oxygen atoms in total. The molecule has 1 aliphatic heterocycles. The topological polar surface area (TPSA) is 71.7 Å². The molecule has 25 heavy (non-hydrogen) atoms. The molecule has 0 amide bonds. The minimum atomic E-state index is -3.41. The Kier molecular flexibility index (Phi) is 5.54. The summed E-state index contributed by atoms with van der Waals surface area (Å²) in [4.78, 5) is 1.64. The third-order valence-electron chi connectivity index (χ3n) is 4.28. The van der Waals surface area contributed by atoms with Crippen molar-refractivity contribution in [3.05, 3.63) is 33.8 Å². The Balaban J connectivity index is 1.64. The first-order valence-electron chi connectivity index (χ1n) is 8.06. The Morgan fingerprint density at radius 1 is 1.28 bits per heavy atom. The highest BCUT2D eigenvalue weighted by Gasteiger charge is 2.30. The van der Waals surface area contributed by atoms with Gasteiger partial charge in [-0.05, 0) is 31.3 Å². The first kappa shape index (κ1) is 18.5. The van der Waals surface area contributed by atoms with Crippen molar-refractivity contribution in [1.82, 2.24) is 14.1 Å². The molecule has 10 heteroatoms. The number of anilines is 1. The van der Waals surface area contributed by atoms with Gasteiger partial charge in [-0.15, -0.1) is 5.10 Å². The second kappa shape index (κ2) is 7.50. The Hall–Kier alpha value is -1.33. The van der Waals surface area contributed by atoms with E-state index in [1.807, 2.05) is 30.8 Å². The van der Waals surface area contributed by atoms with E-state index < -0.39 is 10.0 Å². The van der Waals surface area contributed by atoms with E-state index >= 15 is 0 Å². The fourth-order valence-electron chi connectivity index (χ4n) is 2.78. The van der Waals surface area contributed by atoms with E-state index in [9.17, 15) is 8.42 Å². The first-order chi connectivity index (χ1) is 11.9. The summed E-state index contributed by atoms with van der Waals surface area (Å²) < 4.78 is 29.6. The van der Waals surface area contributed by atoms with Crippen LogP contribution in [0.5, 0.6) is 0 Å². The third kappa shape index (κ3) is 4.09. The molecule has 0 atom stereocenters. The number of nitrogens with one attached hydrogen (secondary N) is 2. The Morgan fingerprint density at radius 2 is 1.92 bits per heavy atom. The van der Waals surface area contributed by atoms with E-state index in [4.69, 9.17) is 12.2 Å². The highest BCUT2D eigenvalue weighted by Crippen LogP contribution is 2.16. The fourth-order valence-corrected chi connectivity index (χ4v) is 5.18. The van der Waals surface area contributed by atoms with E-state index in [1.165, 1.54) is 16.2 Å². The molecular weight excluding hydrogens is 378 g/mol. The summed E-state index contributed by atoms with van der Waals surface area (Å²) in [5.74, 6) is 0. The predicted octanol–water partition coefficient (Wildman–Crippen LogP) is 0.571. The monoisotopic (exact) mass is 400 g/mol. The van der Waals surface area contributed by atoms with Crippen LogP contribution in [0.15, 0.2) is 29.2 Å². The highest BCUT2D eigenvalue weighted by atomic mass is 32.2. The van der Waals surface area contributed by atoms with Crippen LogP contribution in [-0.4, -0.2) is 55.7 Å². The zero-order chi connectivity index (χ0) is 18.0. The van der Waals surface area contributed by atoms with Gasteiger partial charge in [-0.2, -0.15) is 8.99 Å². The lowest BCUT2D eigenvalue weighted by atomic mass is 10.2. The number of sulfonamides is 1. The number of aromatic nitrogens is 2. The van der Waals surface area contributed by atoms with E-state index in [2.05, 4.69) is 10.4 Å². The van der Waals surface area contributed by atoms with Crippen molar-refractivity contribution in [2.45, 2.75) is 18.5 Å². The van der Waals surface area contributed by atoms with Crippen molar-refractivity contribution in [2.75, 3.05) is 38.5 Å². The summed E-state index contributed by atoms with van der Waals surface area (Å²) in [5.41, 5.74) is 1.05. The zero-order valence-corrected chi connectivity index (χ0v) is 16.7. The van der Waals surface area contributed by atoms with Crippen molar-refractivity contribution in [2.24, 2.45) is 0 Å². The van der Waals surface area contributed by atoms with Crippen molar-refractivity contribution in [3.8, 4) is 0 Å². The SMILES string of the molecule is CNc1nn(C[NH+]2CCN(S(=O)(=O)c3ccc(C)cc3)CC2)c(=S)s1. The maximum atomic E-state index is 12.7. The van der Waals surface area contributed by atoms with Gasteiger partial charge in [0.25, 0.3) is 0 Å². The molecule has 2 N–H and O–H groups in total. The van der Waals surface area contributed by atoms with Crippen LogP contribution in [0.4, 0.5) is 5.13 Å². The van der Waals surface area contributed by atoms with Gasteiger partial charge >= 0.3 is 0 Å². The van der Waals surface area contributed by atoms with Gasteiger partial charge in [0.05, 0.1) is 31.1 Å². The molecule has 0 spiro atoms. The van der Waals surface area contributed by atoms with Crippen molar-refractivity contribution >= 4 is 38.7 Å². The number of benzene rings is 1. The van der Waals surface area contributed by atoms with Crippen LogP contribution in [0.1, 0.15) is 5.56 Å². The summed E-state index contributed by atoms with van der Waals surface area (Å²) >= 11 is 6.77. The molecule has 3 rings (SSSR count). The molecule has 1 saturated heterocycles. The minimum absolute atomic E-state index is 0.363. The molecular formula is C15H22N5O2S3+. The van der Waals surface area contributed by atoms with Gasteiger partial charge < -0.3 is 10.2 Å². The van der Waals surface area contributed by atoms with Gasteiger partial charge in [-0.1, -0.05) is 29.0 Å². The number of hydrogen-bond donors (Lipinski definition) is 2. The largest absolute Gasteiger partial charge is 0.363 e. The smallest absolute Gasteiger partial charge is 0.243 e. The molecule has 0 unspecified atom stereocenters. The lowest BCUT2D eigenvalue weighted by Crippen LogP contribution is -3.14. The Bertz CT molecular complexity index is 881. The van der Waals surface area contributed by atoms with Crippen LogP contribution in [0, 0.1) is 10.9 Å². The summed E-state index contributed by atoms with van der Waals surface area (Å²) in [6, 6.07) is 7.02. The van der Waals surface area contributed by atoms with E-state index in [-0.39, 0.29) is 0 Å². The van der Waals surface area contributed by atoms with Crippen LogP contribution in [0.3, 0.4) is 0 Å². The predicted molar refractivity (Wildman–Crippen MR) is 101 cm³/mol. The average molecular weight is 401 g/mol. The van der Waals surface area contributed by atoms with Crippen LogP contribution < -0.4 is 10.2 Å². The molecule has 136 valence electrons. The minimum Gasteiger partial charge on any atom is -0.363 e. The van der Waals surface area contributed by atoms with Crippen molar-refractivity contribution in [3.63, 3.8) is 0 Å². The Morgan fingerprint density at radius 3 is 2.48 bits per heavy atom. The van der Waals surface area contributed by atoms with Crippen LogP contribution in [-0.2, 0) is 16.7 Å². The maximum Gasteiger partial charge on any atom is 0.243 e. The van der Waals surface area contributed by atoms with Gasteiger partial charge in [0.2, 0.25) is 15.2 Å². The summed E-state index contributed by atoms with van der Waals surface area (Å²) in [5, 5.41) is 8.21. The number of rotatable bonds is 5. The summed E-state index contributed by atoms with van der Waals surface area (Å²) in [7, 11) is -1.60. The number of hydrogen-bond acceptors (Lipinski definition) is 6. The molecule has 1 aliphatic rings. The quantitative estimate of drug-likeness (QED) is 0.718. The molecule has 0 saturated carbocycles. The highest BCUT2D eigenvalue weighted by molar-refractivity contribution is 7.89. The Labute approximate surface area is 156 Å². The maximum absolute atomic E-state index is 12.7. The first-order valence-corrected chi connectivity index (χ1v) is 10.7. The second-order valence-corrected chi connectivity index (χ2v) is 9.61. The van der Waals surface area contributed by atoms with Crippen molar-refractivity contribution in [1.29, 1.82) is 0 Å². The van der Waals surface area contributed by atoms with Crippen LogP contribution in [0.2, 0.25) is 0 Å². The van der Waals surface area contributed by atoms with Crippen LogP contribution >= 0.6 is 23.6 Å². The van der Waals surface area contributed by atoms with Gasteiger partial charge in [0.1, 0.15) is 0 Å². The number of piperazine rings is 1. The van der Waals surface area contributed by atoms with Crippen LogP contribution in [0.25, 0.3) is 0 Å². The fraction of sp³-hybridized carbons (Fsp3) is 0.467. The van der Waals surface area contributed by atoms with Crippen molar-refractivity contribution < 1.29 is 13.3 Å². The van der Waals surface area contributed by atoms with Gasteiger partial charge in [0, 0.05) is 7.05 Å². The molecule has 1 fully saturated rings. The molecule has 1 aromatic carbocycles. The molecule has 2 aromatic rings. The molecule has 0 radical (unpaired) electrons. The van der Waals surface area contributed by atoms with E-state index in [0.717, 1.165) is 27.7 Å². The second-order valence-electron chi connectivity index (χ2n) is 6.05. The lowest BCUT2D eigenvalue weighted by molar-refractivity contribution is -0.926. The zero-order valence-electron chi connectivity index (χ0n) is 14.2. The molecule has 2 heterocycles. The average Bonchev–Trinajstić information content (AvgIpc) is 2.96. The lowest BCUT2D eigenvalue weighted by Gasteiger charge is -2.31.